The van der Waals surface area contributed by atoms with Crippen LogP contribution in [-0.2, 0) is 4.79 Å². The summed E-state index contributed by atoms with van der Waals surface area (Å²) < 4.78 is 0. The van der Waals surface area contributed by atoms with E-state index in [1.165, 1.54) is 58.8 Å². The molecule has 1 saturated carbocycles. The minimum absolute atomic E-state index is 0.132. The molecule has 2 bridgehead atoms. The maximum Gasteiger partial charge on any atom is 0.217 e. The zero-order valence-electron chi connectivity index (χ0n) is 13.6. The Balaban J connectivity index is 1.38. The van der Waals surface area contributed by atoms with Crippen LogP contribution in [0.5, 0.6) is 0 Å². The first kappa shape index (κ1) is 15.3. The summed E-state index contributed by atoms with van der Waals surface area (Å²) >= 11 is 0. The van der Waals surface area contributed by atoms with Gasteiger partial charge in [0.1, 0.15) is 0 Å². The third-order valence-corrected chi connectivity index (χ3v) is 5.66. The predicted octanol–water partition coefficient (Wildman–Crippen LogP) is 0.223. The van der Waals surface area contributed by atoms with Crippen molar-refractivity contribution in [3.63, 3.8) is 0 Å². The highest BCUT2D eigenvalue weighted by Gasteiger charge is 2.44. The molecule has 0 aromatic heterocycles. The molecule has 0 aromatic rings. The van der Waals surface area contributed by atoms with Crippen molar-refractivity contribution >= 4 is 5.91 Å². The van der Waals surface area contributed by atoms with E-state index < -0.39 is 0 Å². The Labute approximate surface area is 128 Å². The normalized spacial score (nSPS) is 34.5. The van der Waals surface area contributed by atoms with Crippen LogP contribution < -0.4 is 5.32 Å². The number of likely N-dealkylation sites (N-methyl/N-ethyl adjacent to an activating group) is 1. The van der Waals surface area contributed by atoms with E-state index in [9.17, 15) is 4.79 Å². The predicted molar refractivity (Wildman–Crippen MR) is 84.2 cm³/mol. The number of likely N-dealkylation sites (tertiary alicyclic amines) is 1. The first-order valence-corrected chi connectivity index (χ1v) is 8.61. The molecule has 1 amide bonds. The van der Waals surface area contributed by atoms with Crippen LogP contribution in [0.4, 0.5) is 0 Å². The number of rotatable bonds is 5. The lowest BCUT2D eigenvalue weighted by Gasteiger charge is -2.37. The number of nitrogens with one attached hydrogen (secondary N) is 1. The van der Waals surface area contributed by atoms with E-state index >= 15 is 0 Å². The lowest BCUT2D eigenvalue weighted by molar-refractivity contribution is -0.120. The van der Waals surface area contributed by atoms with Crippen molar-refractivity contribution in [1.29, 1.82) is 0 Å². The Morgan fingerprint density at radius 2 is 1.81 bits per heavy atom. The van der Waals surface area contributed by atoms with E-state index in [1.54, 1.807) is 6.92 Å². The van der Waals surface area contributed by atoms with Gasteiger partial charge in [-0.1, -0.05) is 6.92 Å². The van der Waals surface area contributed by atoms with Crippen LogP contribution in [0.15, 0.2) is 0 Å². The smallest absolute Gasteiger partial charge is 0.217 e. The highest BCUT2D eigenvalue weighted by molar-refractivity contribution is 5.73. The quantitative estimate of drug-likeness (QED) is 0.787. The Hall–Kier alpha value is -0.650. The van der Waals surface area contributed by atoms with Gasteiger partial charge in [-0.15, -0.1) is 0 Å². The summed E-state index contributed by atoms with van der Waals surface area (Å²) in [6.45, 7) is 13.6. The van der Waals surface area contributed by atoms with E-state index in [1.807, 2.05) is 0 Å². The van der Waals surface area contributed by atoms with Crippen molar-refractivity contribution in [2.45, 2.75) is 38.8 Å². The number of fused-ring (bicyclic) bond motifs is 2. The molecule has 3 rings (SSSR count). The fraction of sp³-hybridized carbons (Fsp3) is 0.938. The molecule has 3 aliphatic rings. The lowest BCUT2D eigenvalue weighted by Crippen LogP contribution is -2.50. The van der Waals surface area contributed by atoms with Gasteiger partial charge in [-0.2, -0.15) is 0 Å². The molecule has 21 heavy (non-hydrogen) atoms. The first-order chi connectivity index (χ1) is 10.2. The number of nitrogens with zero attached hydrogens (tertiary/aromatic N) is 3. The van der Waals surface area contributed by atoms with Gasteiger partial charge in [0.2, 0.25) is 5.91 Å². The van der Waals surface area contributed by atoms with Gasteiger partial charge in [0.15, 0.2) is 0 Å². The third-order valence-electron chi connectivity index (χ3n) is 5.66. The second kappa shape index (κ2) is 6.63. The summed E-state index contributed by atoms with van der Waals surface area (Å²) in [6, 6.07) is 1.15. The first-order valence-electron chi connectivity index (χ1n) is 8.61. The molecule has 2 aliphatic heterocycles. The number of hydrogen-bond acceptors (Lipinski definition) is 4. The van der Waals surface area contributed by atoms with Gasteiger partial charge in [0.05, 0.1) is 0 Å². The zero-order chi connectivity index (χ0) is 14.8. The van der Waals surface area contributed by atoms with E-state index in [2.05, 4.69) is 26.9 Å². The van der Waals surface area contributed by atoms with Crippen LogP contribution in [0.3, 0.4) is 0 Å². The summed E-state index contributed by atoms with van der Waals surface area (Å²) in [7, 11) is 0. The topological polar surface area (TPSA) is 38.8 Å². The molecule has 5 nitrogen and oxygen atoms in total. The summed E-state index contributed by atoms with van der Waals surface area (Å²) in [5, 5.41) is 3.13. The zero-order valence-corrected chi connectivity index (χ0v) is 13.6. The van der Waals surface area contributed by atoms with Crippen molar-refractivity contribution in [2.75, 3.05) is 52.4 Å². The van der Waals surface area contributed by atoms with Crippen molar-refractivity contribution in [3.05, 3.63) is 0 Å². The fourth-order valence-corrected chi connectivity index (χ4v) is 4.36. The van der Waals surface area contributed by atoms with E-state index in [-0.39, 0.29) is 5.91 Å². The molecule has 0 radical (unpaired) electrons. The fourth-order valence-electron chi connectivity index (χ4n) is 4.36. The Bertz CT molecular complexity index is 367. The molecule has 3 unspecified atom stereocenters. The minimum atomic E-state index is 0.132. The number of carbonyl (C=O) groups is 1. The largest absolute Gasteiger partial charge is 0.353 e. The van der Waals surface area contributed by atoms with E-state index in [0.717, 1.165) is 6.42 Å². The van der Waals surface area contributed by atoms with Crippen LogP contribution in [0.2, 0.25) is 0 Å². The van der Waals surface area contributed by atoms with Gasteiger partial charge >= 0.3 is 0 Å². The summed E-state index contributed by atoms with van der Waals surface area (Å²) in [5.74, 6) is 0.823. The Morgan fingerprint density at radius 3 is 2.38 bits per heavy atom. The van der Waals surface area contributed by atoms with E-state index in [0.29, 0.717) is 18.0 Å². The summed E-state index contributed by atoms with van der Waals surface area (Å²) in [5.41, 5.74) is 0. The number of piperazine rings is 1. The number of carbonyl (C=O) groups excluding carboxylic acids is 1. The molecule has 2 saturated heterocycles. The maximum absolute atomic E-state index is 11.2. The number of piperidine rings is 1. The summed E-state index contributed by atoms with van der Waals surface area (Å²) in [4.78, 5) is 19.0. The van der Waals surface area contributed by atoms with Gasteiger partial charge < -0.3 is 10.2 Å². The third kappa shape index (κ3) is 3.58. The van der Waals surface area contributed by atoms with Crippen LogP contribution in [0, 0.1) is 5.92 Å². The van der Waals surface area contributed by atoms with Gasteiger partial charge in [-0.3, -0.25) is 14.6 Å². The molecule has 2 heterocycles. The number of hydrogen-bond donors (Lipinski definition) is 1. The standard InChI is InChI=1S/C16H30N4O/c1-3-18-4-6-19(7-5-18)8-9-20-12-14-10-15(20)11-16(14)17-13(2)21/h14-16H,3-12H2,1-2H3,(H,17,21). The SMILES string of the molecule is CCN1CCN(CCN2CC3CC2CC3NC(C)=O)CC1. The molecule has 5 heteroatoms. The average molecular weight is 294 g/mol. The lowest BCUT2D eigenvalue weighted by atomic mass is 10.0. The molecule has 0 aromatic carbocycles. The number of amides is 1. The van der Waals surface area contributed by atoms with Crippen molar-refractivity contribution in [3.8, 4) is 0 Å². The van der Waals surface area contributed by atoms with Crippen LogP contribution in [0.25, 0.3) is 0 Å². The molecule has 1 aliphatic carbocycles. The van der Waals surface area contributed by atoms with Crippen molar-refractivity contribution in [2.24, 2.45) is 5.92 Å². The second-order valence-corrected chi connectivity index (χ2v) is 6.96. The molecular formula is C16H30N4O. The minimum Gasteiger partial charge on any atom is -0.353 e. The van der Waals surface area contributed by atoms with Gasteiger partial charge in [0, 0.05) is 64.8 Å². The monoisotopic (exact) mass is 294 g/mol. The molecule has 0 spiro atoms. The average Bonchev–Trinajstić information content (AvgIpc) is 3.04. The molecule has 3 fully saturated rings. The van der Waals surface area contributed by atoms with Crippen LogP contribution in [-0.4, -0.2) is 85.0 Å². The van der Waals surface area contributed by atoms with Crippen LogP contribution in [0.1, 0.15) is 26.7 Å². The van der Waals surface area contributed by atoms with Gasteiger partial charge in [-0.05, 0) is 25.3 Å². The highest BCUT2D eigenvalue weighted by atomic mass is 16.1. The molecule has 120 valence electrons. The van der Waals surface area contributed by atoms with Crippen molar-refractivity contribution in [1.82, 2.24) is 20.0 Å². The molecular weight excluding hydrogens is 264 g/mol. The van der Waals surface area contributed by atoms with Gasteiger partial charge in [0.25, 0.3) is 0 Å². The molecule has 1 N–H and O–H groups in total. The molecule has 3 atom stereocenters. The van der Waals surface area contributed by atoms with Crippen molar-refractivity contribution < 1.29 is 4.79 Å². The Kier molecular flexibility index (Phi) is 4.82. The van der Waals surface area contributed by atoms with Crippen LogP contribution >= 0.6 is 0 Å². The maximum atomic E-state index is 11.2. The second-order valence-electron chi connectivity index (χ2n) is 6.96. The highest BCUT2D eigenvalue weighted by Crippen LogP contribution is 2.37. The van der Waals surface area contributed by atoms with Gasteiger partial charge in [-0.25, -0.2) is 0 Å². The Morgan fingerprint density at radius 1 is 1.10 bits per heavy atom. The van der Waals surface area contributed by atoms with E-state index in [4.69, 9.17) is 0 Å². The summed E-state index contributed by atoms with van der Waals surface area (Å²) in [6.07, 6.45) is 2.45.